The summed E-state index contributed by atoms with van der Waals surface area (Å²) in [4.78, 5) is 24.6. The molecule has 0 aliphatic rings. The second kappa shape index (κ2) is 66.1. The Kier molecular flexibility index (Phi) is 64.9. The van der Waals surface area contributed by atoms with E-state index in [1.165, 1.54) is 327 Å². The number of aliphatic hydroxyl groups is 2. The Bertz CT molecular complexity index is 1140. The summed E-state index contributed by atoms with van der Waals surface area (Å²) in [5, 5.41) is 23.4. The Balaban J connectivity index is 3.40. The van der Waals surface area contributed by atoms with Crippen molar-refractivity contribution in [2.75, 3.05) is 13.2 Å². The Morgan fingerprint density at radius 2 is 0.618 bits per heavy atom. The topological polar surface area (TPSA) is 95.9 Å². The van der Waals surface area contributed by atoms with Gasteiger partial charge in [-0.05, 0) is 51.4 Å². The van der Waals surface area contributed by atoms with Crippen molar-refractivity contribution >= 4 is 11.9 Å². The molecule has 0 radical (unpaired) electrons. The fourth-order valence-corrected chi connectivity index (χ4v) is 11.2. The van der Waals surface area contributed by atoms with E-state index < -0.39 is 12.1 Å². The highest BCUT2D eigenvalue weighted by Gasteiger charge is 2.20. The van der Waals surface area contributed by atoms with E-state index in [1.54, 1.807) is 0 Å². The average Bonchev–Trinajstić information content (AvgIpc) is 3.42. The molecule has 0 aromatic carbocycles. The van der Waals surface area contributed by atoms with Crippen molar-refractivity contribution < 1.29 is 24.5 Å². The molecule has 452 valence electrons. The molecular weight excluding hydrogens is 935 g/mol. The smallest absolute Gasteiger partial charge is 0.305 e. The predicted octanol–water partition coefficient (Wildman–Crippen LogP) is 22.4. The van der Waals surface area contributed by atoms with Crippen LogP contribution in [0.2, 0.25) is 0 Å². The Morgan fingerprint density at radius 3 is 0.934 bits per heavy atom. The first kappa shape index (κ1) is 74.6. The fraction of sp³-hybridized carbons (Fsp3) is 0.943. The number of aliphatic hydroxyl groups excluding tert-OH is 2. The third-order valence-corrected chi connectivity index (χ3v) is 16.6. The van der Waals surface area contributed by atoms with Crippen LogP contribution < -0.4 is 5.32 Å². The summed E-state index contributed by atoms with van der Waals surface area (Å²) >= 11 is 0. The van der Waals surface area contributed by atoms with Gasteiger partial charge in [-0.3, -0.25) is 9.59 Å². The summed E-state index contributed by atoms with van der Waals surface area (Å²) in [7, 11) is 0. The first-order valence-electron chi connectivity index (χ1n) is 34.9. The zero-order valence-corrected chi connectivity index (χ0v) is 51.8. The number of nitrogens with one attached hydrogen (secondary N) is 1. The Morgan fingerprint density at radius 1 is 0.355 bits per heavy atom. The zero-order valence-electron chi connectivity index (χ0n) is 51.8. The van der Waals surface area contributed by atoms with E-state index in [-0.39, 0.29) is 18.5 Å². The van der Waals surface area contributed by atoms with E-state index >= 15 is 0 Å². The lowest BCUT2D eigenvalue weighted by Gasteiger charge is -2.22. The van der Waals surface area contributed by atoms with Gasteiger partial charge in [0.1, 0.15) is 0 Å². The van der Waals surface area contributed by atoms with E-state index in [9.17, 15) is 19.8 Å². The minimum absolute atomic E-state index is 0.0133. The molecule has 0 heterocycles. The summed E-state index contributed by atoms with van der Waals surface area (Å²) < 4.78 is 5.48. The number of amides is 1. The fourth-order valence-electron chi connectivity index (χ4n) is 11.2. The number of carbonyl (C=O) groups is 2. The van der Waals surface area contributed by atoms with Crippen LogP contribution in [0.5, 0.6) is 0 Å². The molecule has 2 unspecified atom stereocenters. The van der Waals surface area contributed by atoms with Crippen LogP contribution in [0, 0.1) is 0 Å². The number of hydrogen-bond donors (Lipinski definition) is 3. The SMILES string of the molecule is CCCCCCCCCCCCCCCCCCCCCCCCCCC(O)C(CO)NC(=O)CCCCCCCCC/C=C\CCCCCCCCCCCCCCOC(=O)CCCCCCCCCCCCCC. The second-order valence-electron chi connectivity index (χ2n) is 24.2. The first-order valence-corrected chi connectivity index (χ1v) is 34.9. The number of esters is 1. The molecule has 0 aromatic heterocycles. The average molecular weight is 1070 g/mol. The lowest BCUT2D eigenvalue weighted by Crippen LogP contribution is -2.45. The summed E-state index contributed by atoms with van der Waals surface area (Å²) in [5.41, 5.74) is 0. The molecule has 0 rings (SSSR count). The normalized spacial score (nSPS) is 12.5. The molecule has 6 heteroatoms. The lowest BCUT2D eigenvalue weighted by atomic mass is 10.0. The molecule has 6 nitrogen and oxygen atoms in total. The van der Waals surface area contributed by atoms with Crippen LogP contribution in [0.4, 0.5) is 0 Å². The van der Waals surface area contributed by atoms with Gasteiger partial charge in [-0.2, -0.15) is 0 Å². The van der Waals surface area contributed by atoms with E-state index in [0.717, 1.165) is 38.5 Å². The second-order valence-corrected chi connectivity index (χ2v) is 24.2. The molecule has 0 bridgehead atoms. The lowest BCUT2D eigenvalue weighted by molar-refractivity contribution is -0.143. The standard InChI is InChI=1S/C70H137NO5/c1-3-5-7-9-11-13-15-17-18-19-20-21-22-24-27-30-33-36-39-42-46-50-54-58-62-68(73)67(66-72)71-69(74)63-59-55-51-47-43-40-37-34-31-28-25-23-26-29-32-35-38-41-45-49-53-57-61-65-76-70(75)64-60-56-52-48-44-16-14-12-10-8-6-4-2/h28,31,67-68,72-73H,3-27,29-30,32-66H2,1-2H3,(H,71,74)/b31-28-. The molecule has 0 fully saturated rings. The van der Waals surface area contributed by atoms with Gasteiger partial charge in [0.25, 0.3) is 0 Å². The quantitative estimate of drug-likeness (QED) is 0.0320. The summed E-state index contributed by atoms with van der Waals surface area (Å²) in [6.45, 7) is 4.99. The van der Waals surface area contributed by atoms with Gasteiger partial charge in [0.2, 0.25) is 5.91 Å². The van der Waals surface area contributed by atoms with Gasteiger partial charge in [-0.25, -0.2) is 0 Å². The van der Waals surface area contributed by atoms with Gasteiger partial charge in [0.05, 0.1) is 25.4 Å². The Hall–Kier alpha value is -1.40. The minimum Gasteiger partial charge on any atom is -0.466 e. The Labute approximate surface area is 476 Å². The summed E-state index contributed by atoms with van der Waals surface area (Å²) in [6.07, 6.45) is 81.1. The molecule has 2 atom stereocenters. The third kappa shape index (κ3) is 61.8. The summed E-state index contributed by atoms with van der Waals surface area (Å²) in [5.74, 6) is -0.0228. The van der Waals surface area contributed by atoms with Crippen LogP contribution in [0.15, 0.2) is 12.2 Å². The number of ether oxygens (including phenoxy) is 1. The van der Waals surface area contributed by atoms with E-state index in [4.69, 9.17) is 4.74 Å². The zero-order chi connectivity index (χ0) is 55.0. The minimum atomic E-state index is -0.669. The maximum Gasteiger partial charge on any atom is 0.305 e. The van der Waals surface area contributed by atoms with Gasteiger partial charge in [-0.15, -0.1) is 0 Å². The highest BCUT2D eigenvalue weighted by atomic mass is 16.5. The predicted molar refractivity (Wildman–Crippen MR) is 333 cm³/mol. The molecule has 0 aliphatic heterocycles. The number of hydrogen-bond acceptors (Lipinski definition) is 5. The molecule has 0 aliphatic carbocycles. The number of allylic oxidation sites excluding steroid dienone is 2. The van der Waals surface area contributed by atoms with Crippen molar-refractivity contribution in [2.45, 2.75) is 411 Å². The maximum absolute atomic E-state index is 12.5. The number of carbonyl (C=O) groups excluding carboxylic acids is 2. The van der Waals surface area contributed by atoms with Crippen molar-refractivity contribution in [3.8, 4) is 0 Å². The first-order chi connectivity index (χ1) is 37.5. The highest BCUT2D eigenvalue weighted by Crippen LogP contribution is 2.19. The van der Waals surface area contributed by atoms with Crippen LogP contribution in [-0.4, -0.2) is 47.4 Å². The highest BCUT2D eigenvalue weighted by molar-refractivity contribution is 5.76. The van der Waals surface area contributed by atoms with E-state index in [1.807, 2.05) is 0 Å². The molecule has 0 saturated heterocycles. The van der Waals surface area contributed by atoms with Gasteiger partial charge < -0.3 is 20.3 Å². The summed E-state index contributed by atoms with van der Waals surface area (Å²) in [6, 6.07) is -0.547. The molecule has 0 spiro atoms. The third-order valence-electron chi connectivity index (χ3n) is 16.6. The van der Waals surface area contributed by atoms with Crippen molar-refractivity contribution in [1.29, 1.82) is 0 Å². The van der Waals surface area contributed by atoms with Crippen molar-refractivity contribution in [3.63, 3.8) is 0 Å². The molecular formula is C70H137NO5. The molecule has 1 amide bonds. The van der Waals surface area contributed by atoms with Gasteiger partial charge in [-0.1, -0.05) is 347 Å². The van der Waals surface area contributed by atoms with Crippen LogP contribution in [0.1, 0.15) is 399 Å². The maximum atomic E-state index is 12.5. The molecule has 0 aromatic rings. The number of rotatable bonds is 66. The van der Waals surface area contributed by atoms with Crippen LogP contribution in [-0.2, 0) is 14.3 Å². The van der Waals surface area contributed by atoms with Crippen LogP contribution >= 0.6 is 0 Å². The van der Waals surface area contributed by atoms with Crippen molar-refractivity contribution in [2.24, 2.45) is 0 Å². The van der Waals surface area contributed by atoms with Gasteiger partial charge in [0.15, 0.2) is 0 Å². The van der Waals surface area contributed by atoms with E-state index in [2.05, 4.69) is 31.3 Å². The molecule has 3 N–H and O–H groups in total. The number of unbranched alkanes of at least 4 members (excludes halogenated alkanes) is 53. The molecule has 76 heavy (non-hydrogen) atoms. The monoisotopic (exact) mass is 1070 g/mol. The van der Waals surface area contributed by atoms with E-state index in [0.29, 0.717) is 25.9 Å². The van der Waals surface area contributed by atoms with Crippen LogP contribution in [0.25, 0.3) is 0 Å². The molecule has 0 saturated carbocycles. The largest absolute Gasteiger partial charge is 0.466 e. The van der Waals surface area contributed by atoms with Gasteiger partial charge >= 0.3 is 5.97 Å². The van der Waals surface area contributed by atoms with Crippen molar-refractivity contribution in [3.05, 3.63) is 12.2 Å². The van der Waals surface area contributed by atoms with Gasteiger partial charge in [0, 0.05) is 12.8 Å². The van der Waals surface area contributed by atoms with Crippen molar-refractivity contribution in [1.82, 2.24) is 5.32 Å². The van der Waals surface area contributed by atoms with Crippen LogP contribution in [0.3, 0.4) is 0 Å².